The molecule has 0 radical (unpaired) electrons. The Labute approximate surface area is 186 Å². The maximum absolute atomic E-state index is 13.1. The predicted molar refractivity (Wildman–Crippen MR) is 114 cm³/mol. The number of aryl methyl sites for hydroxylation is 3. The van der Waals surface area contributed by atoms with Crippen LogP contribution < -0.4 is 10.7 Å². The van der Waals surface area contributed by atoms with Gasteiger partial charge in [0.15, 0.2) is 5.69 Å². The van der Waals surface area contributed by atoms with Gasteiger partial charge >= 0.3 is 6.18 Å². The van der Waals surface area contributed by atoms with Crippen LogP contribution in [0, 0.1) is 6.92 Å². The first kappa shape index (κ1) is 22.2. The van der Waals surface area contributed by atoms with Gasteiger partial charge in [0.2, 0.25) is 5.43 Å². The minimum atomic E-state index is -4.52. The van der Waals surface area contributed by atoms with Crippen molar-refractivity contribution in [2.75, 3.05) is 6.54 Å². The minimum absolute atomic E-state index is 0.111. The van der Waals surface area contributed by atoms with Gasteiger partial charge in [-0.15, -0.1) is 11.3 Å². The summed E-state index contributed by atoms with van der Waals surface area (Å²) in [6.07, 6.45) is 0.365. The number of fused-ring (bicyclic) bond motifs is 1. The normalized spacial score (nSPS) is 13.6. The Morgan fingerprint density at radius 1 is 1.22 bits per heavy atom. The lowest BCUT2D eigenvalue weighted by Crippen LogP contribution is -2.33. The van der Waals surface area contributed by atoms with Crippen molar-refractivity contribution < 1.29 is 18.0 Å². The molecule has 1 amide bonds. The number of benzene rings is 1. The first-order valence-corrected chi connectivity index (χ1v) is 11.1. The smallest absolute Gasteiger partial charge is 0.350 e. The Morgan fingerprint density at radius 2 is 2.00 bits per heavy atom. The number of aromatic nitrogens is 3. The second-order valence-corrected chi connectivity index (χ2v) is 8.82. The van der Waals surface area contributed by atoms with Crippen LogP contribution in [0.1, 0.15) is 50.2 Å². The number of carbonyl (C=O) groups is 1. The zero-order valence-electron chi connectivity index (χ0n) is 17.3. The molecule has 0 saturated heterocycles. The largest absolute Gasteiger partial charge is 0.416 e. The zero-order chi connectivity index (χ0) is 22.9. The molecule has 3 aromatic rings. The van der Waals surface area contributed by atoms with Crippen LogP contribution in [-0.2, 0) is 25.4 Å². The van der Waals surface area contributed by atoms with Crippen LogP contribution in [-0.4, -0.2) is 27.2 Å². The van der Waals surface area contributed by atoms with Crippen molar-refractivity contribution in [1.82, 2.24) is 20.1 Å². The van der Waals surface area contributed by atoms with Crippen molar-refractivity contribution in [2.45, 2.75) is 45.2 Å². The van der Waals surface area contributed by atoms with Crippen LogP contribution in [0.2, 0.25) is 0 Å². The number of halogens is 3. The highest BCUT2D eigenvalue weighted by atomic mass is 32.1. The summed E-state index contributed by atoms with van der Waals surface area (Å²) < 4.78 is 40.4. The fourth-order valence-electron chi connectivity index (χ4n) is 3.66. The Morgan fingerprint density at radius 3 is 2.75 bits per heavy atom. The van der Waals surface area contributed by atoms with Gasteiger partial charge in [0, 0.05) is 29.6 Å². The lowest BCUT2D eigenvalue weighted by atomic mass is 10.0. The van der Waals surface area contributed by atoms with Crippen molar-refractivity contribution >= 4 is 17.2 Å². The maximum Gasteiger partial charge on any atom is 0.416 e. The van der Waals surface area contributed by atoms with Crippen molar-refractivity contribution in [1.29, 1.82) is 0 Å². The van der Waals surface area contributed by atoms with E-state index < -0.39 is 23.1 Å². The molecule has 0 atom stereocenters. The van der Waals surface area contributed by atoms with Crippen LogP contribution in [0.15, 0.2) is 35.1 Å². The predicted octanol–water partition coefficient (Wildman–Crippen LogP) is 3.87. The van der Waals surface area contributed by atoms with Gasteiger partial charge in [-0.1, -0.05) is 6.07 Å². The molecule has 0 saturated carbocycles. The molecular formula is C22H21F3N4O2S. The average Bonchev–Trinajstić information content (AvgIpc) is 3.16. The molecule has 168 valence electrons. The number of amides is 1. The third kappa shape index (κ3) is 4.74. The third-order valence-electron chi connectivity index (χ3n) is 5.25. The molecule has 0 unspecified atom stereocenters. The third-order valence-corrected chi connectivity index (χ3v) is 6.47. The van der Waals surface area contributed by atoms with Gasteiger partial charge in [-0.2, -0.15) is 18.3 Å². The van der Waals surface area contributed by atoms with E-state index in [1.807, 2.05) is 0 Å². The molecule has 1 aliphatic carbocycles. The molecule has 2 heterocycles. The number of nitrogens with zero attached hydrogens (tertiary/aromatic N) is 3. The number of carbonyl (C=O) groups excluding carboxylic acids is 1. The van der Waals surface area contributed by atoms with E-state index in [0.717, 1.165) is 42.1 Å². The molecule has 0 aliphatic heterocycles. The number of thiazole rings is 1. The average molecular weight is 462 g/mol. The van der Waals surface area contributed by atoms with Crippen molar-refractivity contribution in [3.05, 3.63) is 73.1 Å². The fourth-order valence-corrected chi connectivity index (χ4v) is 4.82. The van der Waals surface area contributed by atoms with Crippen LogP contribution in [0.4, 0.5) is 13.2 Å². The van der Waals surface area contributed by atoms with Gasteiger partial charge in [-0.25, -0.2) is 9.67 Å². The lowest BCUT2D eigenvalue weighted by Gasteiger charge is -2.13. The Balaban J connectivity index is 1.50. The van der Waals surface area contributed by atoms with Gasteiger partial charge in [-0.3, -0.25) is 9.59 Å². The lowest BCUT2D eigenvalue weighted by molar-refractivity contribution is -0.137. The second kappa shape index (κ2) is 8.85. The fraction of sp³-hybridized carbons (Fsp3) is 0.364. The minimum Gasteiger partial charge on any atom is -0.350 e. The highest BCUT2D eigenvalue weighted by molar-refractivity contribution is 7.11. The molecule has 0 bridgehead atoms. The molecule has 0 fully saturated rings. The summed E-state index contributed by atoms with van der Waals surface area (Å²) in [6.45, 7) is 1.82. The zero-order valence-corrected chi connectivity index (χ0v) is 18.1. The summed E-state index contributed by atoms with van der Waals surface area (Å²) in [6, 6.07) is 5.76. The number of hydrogen-bond acceptors (Lipinski definition) is 5. The van der Waals surface area contributed by atoms with E-state index in [4.69, 9.17) is 0 Å². The van der Waals surface area contributed by atoms with E-state index in [1.54, 1.807) is 18.3 Å². The van der Waals surface area contributed by atoms with E-state index in [-0.39, 0.29) is 17.9 Å². The molecule has 1 aliphatic rings. The van der Waals surface area contributed by atoms with Crippen LogP contribution in [0.25, 0.3) is 5.69 Å². The second-order valence-electron chi connectivity index (χ2n) is 7.65. The van der Waals surface area contributed by atoms with Gasteiger partial charge in [0.1, 0.15) is 0 Å². The van der Waals surface area contributed by atoms with E-state index in [0.29, 0.717) is 12.1 Å². The van der Waals surface area contributed by atoms with Crippen molar-refractivity contribution in [2.24, 2.45) is 0 Å². The Kier molecular flexibility index (Phi) is 6.14. The summed E-state index contributed by atoms with van der Waals surface area (Å²) in [5.41, 5.74) is -0.225. The van der Waals surface area contributed by atoms with E-state index in [9.17, 15) is 22.8 Å². The summed E-state index contributed by atoms with van der Waals surface area (Å²) in [4.78, 5) is 30.8. The van der Waals surface area contributed by atoms with Gasteiger partial charge in [0.25, 0.3) is 5.91 Å². The monoisotopic (exact) mass is 462 g/mol. The number of rotatable bonds is 5. The molecule has 6 nitrogen and oxygen atoms in total. The first-order chi connectivity index (χ1) is 15.2. The Hall–Kier alpha value is -3.01. The highest BCUT2D eigenvalue weighted by Gasteiger charge is 2.30. The molecular weight excluding hydrogens is 441 g/mol. The Bertz CT molecular complexity index is 1190. The topological polar surface area (TPSA) is 76.9 Å². The standard InChI is InChI=1S/C22H21F3N4O2S/c1-13-11-17(30)20(28-29(13)15-6-4-5-14(12-15)22(23,24)25)21(31)26-10-9-19-27-16-7-2-3-8-18(16)32-19/h4-6,11-12H,2-3,7-10H2,1H3,(H,26,31). The van der Waals surface area contributed by atoms with Crippen molar-refractivity contribution in [3.8, 4) is 5.69 Å². The highest BCUT2D eigenvalue weighted by Crippen LogP contribution is 2.30. The molecule has 1 N–H and O–H groups in total. The summed E-state index contributed by atoms with van der Waals surface area (Å²) in [5, 5.41) is 7.67. The molecule has 32 heavy (non-hydrogen) atoms. The summed E-state index contributed by atoms with van der Waals surface area (Å²) in [5.74, 6) is -0.669. The SMILES string of the molecule is Cc1cc(=O)c(C(=O)NCCc2nc3c(s2)CCCC3)nn1-c1cccc(C(F)(F)F)c1. The van der Waals surface area contributed by atoms with Gasteiger partial charge in [0.05, 0.1) is 22.0 Å². The number of hydrogen-bond donors (Lipinski definition) is 1. The van der Waals surface area contributed by atoms with Gasteiger partial charge in [-0.05, 0) is 50.8 Å². The molecule has 1 aromatic carbocycles. The van der Waals surface area contributed by atoms with Crippen LogP contribution >= 0.6 is 11.3 Å². The molecule has 0 spiro atoms. The van der Waals surface area contributed by atoms with Crippen molar-refractivity contribution in [3.63, 3.8) is 0 Å². The molecule has 10 heteroatoms. The van der Waals surface area contributed by atoms with Crippen LogP contribution in [0.3, 0.4) is 0 Å². The molecule has 4 rings (SSSR count). The number of alkyl halides is 3. The van der Waals surface area contributed by atoms with E-state index in [2.05, 4.69) is 15.4 Å². The maximum atomic E-state index is 13.1. The molecule has 2 aromatic heterocycles. The first-order valence-electron chi connectivity index (χ1n) is 10.3. The summed E-state index contributed by atoms with van der Waals surface area (Å²) in [7, 11) is 0. The van der Waals surface area contributed by atoms with Crippen LogP contribution in [0.5, 0.6) is 0 Å². The number of nitrogens with one attached hydrogen (secondary N) is 1. The van der Waals surface area contributed by atoms with Gasteiger partial charge < -0.3 is 5.32 Å². The quantitative estimate of drug-likeness (QED) is 0.625. The van der Waals surface area contributed by atoms with E-state index in [1.165, 1.54) is 34.2 Å². The summed E-state index contributed by atoms with van der Waals surface area (Å²) >= 11 is 1.66. The van der Waals surface area contributed by atoms with E-state index >= 15 is 0 Å².